The summed E-state index contributed by atoms with van der Waals surface area (Å²) in [7, 11) is 0. The summed E-state index contributed by atoms with van der Waals surface area (Å²) in [6, 6.07) is 20.1. The molecule has 0 atom stereocenters. The number of nitrogens with two attached hydrogens (primary N) is 1. The van der Waals surface area contributed by atoms with Crippen molar-refractivity contribution >= 4 is 58.5 Å². The fourth-order valence-corrected chi connectivity index (χ4v) is 2.78. The normalized spacial score (nSPS) is 11.7. The summed E-state index contributed by atoms with van der Waals surface area (Å²) in [5.41, 5.74) is 10.3. The molecule has 0 unspecified atom stereocenters. The first kappa shape index (κ1) is 19.6. The molecule has 0 aliphatic carbocycles. The van der Waals surface area contributed by atoms with Gasteiger partial charge in [0.05, 0.1) is 5.69 Å². The van der Waals surface area contributed by atoms with Crippen LogP contribution < -0.4 is 11.1 Å². The van der Waals surface area contributed by atoms with Crippen molar-refractivity contribution in [3.8, 4) is 0 Å². The molecule has 0 aliphatic heterocycles. The fraction of sp³-hybridized carbons (Fsp3) is 0.0952. The molecule has 0 bridgehead atoms. The Morgan fingerprint density at radius 3 is 2.15 bits per heavy atom. The highest BCUT2D eigenvalue weighted by Crippen LogP contribution is 2.39. The third kappa shape index (κ3) is 5.64. The Labute approximate surface area is 173 Å². The number of nitrogens with zero attached hydrogens (tertiary/aromatic N) is 1. The summed E-state index contributed by atoms with van der Waals surface area (Å²) in [5.74, 6) is 0.557. The van der Waals surface area contributed by atoms with E-state index in [1.165, 1.54) is 11.8 Å². The van der Waals surface area contributed by atoms with Crippen molar-refractivity contribution in [3.05, 3.63) is 89.1 Å². The molecule has 6 heteroatoms. The van der Waals surface area contributed by atoms with Crippen molar-refractivity contribution in [2.45, 2.75) is 10.3 Å². The van der Waals surface area contributed by atoms with Crippen molar-refractivity contribution in [3.63, 3.8) is 0 Å². The first-order valence-electron chi connectivity index (χ1n) is 8.30. The molecule has 3 N–H and O–H groups in total. The molecule has 1 heterocycles. The molecule has 0 radical (unpaired) electrons. The van der Waals surface area contributed by atoms with Gasteiger partial charge in [0.25, 0.3) is 0 Å². The molecule has 0 fully saturated rings. The first-order chi connectivity index (χ1) is 12.9. The zero-order chi connectivity index (χ0) is 19.3. The van der Waals surface area contributed by atoms with Crippen LogP contribution in [0.5, 0.6) is 0 Å². The molecule has 3 aromatic rings. The standard InChI is InChI=1S/C21H18Cl3N3/c22-21(23,24)18-12-19(25)20(27-14-18)26-13-17-10-8-16(9-11-17)7-6-15-4-2-1-3-5-15/h1-12,14H,13,25H2,(H,26,27)/b7-6+. The zero-order valence-electron chi connectivity index (χ0n) is 14.4. The van der Waals surface area contributed by atoms with Gasteiger partial charge in [0.2, 0.25) is 3.79 Å². The van der Waals surface area contributed by atoms with Crippen LogP contribution in [0.4, 0.5) is 11.5 Å². The number of nitrogen functional groups attached to an aromatic ring is 1. The third-order valence-electron chi connectivity index (χ3n) is 3.95. The fourth-order valence-electron chi connectivity index (χ4n) is 2.47. The van der Waals surface area contributed by atoms with Crippen molar-refractivity contribution in [1.82, 2.24) is 4.98 Å². The van der Waals surface area contributed by atoms with Gasteiger partial charge in [-0.25, -0.2) is 4.98 Å². The molecule has 0 amide bonds. The van der Waals surface area contributed by atoms with E-state index in [-0.39, 0.29) is 0 Å². The summed E-state index contributed by atoms with van der Waals surface area (Å²) in [6.07, 6.45) is 5.68. The molecule has 0 saturated carbocycles. The van der Waals surface area contributed by atoms with E-state index >= 15 is 0 Å². The Morgan fingerprint density at radius 2 is 1.56 bits per heavy atom. The van der Waals surface area contributed by atoms with Gasteiger partial charge in [-0.15, -0.1) is 0 Å². The van der Waals surface area contributed by atoms with Crippen molar-refractivity contribution in [1.29, 1.82) is 0 Å². The van der Waals surface area contributed by atoms with Gasteiger partial charge in [-0.3, -0.25) is 0 Å². The molecular weight excluding hydrogens is 401 g/mol. The minimum Gasteiger partial charge on any atom is -0.396 e. The maximum absolute atomic E-state index is 5.99. The number of halogens is 3. The van der Waals surface area contributed by atoms with E-state index in [0.717, 1.165) is 11.1 Å². The minimum atomic E-state index is -1.54. The van der Waals surface area contributed by atoms with Gasteiger partial charge in [-0.1, -0.05) is 102 Å². The smallest absolute Gasteiger partial charge is 0.217 e. The van der Waals surface area contributed by atoms with E-state index in [1.807, 2.05) is 18.2 Å². The molecule has 0 spiro atoms. The van der Waals surface area contributed by atoms with Gasteiger partial charge >= 0.3 is 0 Å². The van der Waals surface area contributed by atoms with Gasteiger partial charge < -0.3 is 11.1 Å². The molecule has 3 nitrogen and oxygen atoms in total. The Kier molecular flexibility index (Phi) is 6.27. The monoisotopic (exact) mass is 417 g/mol. The number of rotatable bonds is 5. The number of hydrogen-bond donors (Lipinski definition) is 2. The van der Waals surface area contributed by atoms with Crippen LogP contribution in [0.25, 0.3) is 12.2 Å². The summed E-state index contributed by atoms with van der Waals surface area (Å²) in [5, 5.41) is 3.20. The predicted octanol–water partition coefficient (Wildman–Crippen LogP) is 6.27. The van der Waals surface area contributed by atoms with E-state index in [9.17, 15) is 0 Å². The van der Waals surface area contributed by atoms with Crippen LogP contribution >= 0.6 is 34.8 Å². The quantitative estimate of drug-likeness (QED) is 0.379. The lowest BCUT2D eigenvalue weighted by atomic mass is 10.1. The van der Waals surface area contributed by atoms with Crippen LogP contribution in [0.15, 0.2) is 66.9 Å². The molecule has 3 rings (SSSR count). The second kappa shape index (κ2) is 8.66. The van der Waals surface area contributed by atoms with E-state index in [0.29, 0.717) is 23.6 Å². The number of alkyl halides is 3. The minimum absolute atomic E-state index is 0.432. The largest absolute Gasteiger partial charge is 0.396 e. The Balaban J connectivity index is 1.61. The van der Waals surface area contributed by atoms with Crippen molar-refractivity contribution in [2.24, 2.45) is 0 Å². The molecule has 138 valence electrons. The van der Waals surface area contributed by atoms with Gasteiger partial charge in [0.15, 0.2) is 0 Å². The Bertz CT molecular complexity index is 918. The average Bonchev–Trinajstić information content (AvgIpc) is 2.66. The predicted molar refractivity (Wildman–Crippen MR) is 117 cm³/mol. The average molecular weight is 419 g/mol. The van der Waals surface area contributed by atoms with Crippen molar-refractivity contribution in [2.75, 3.05) is 11.1 Å². The second-order valence-electron chi connectivity index (χ2n) is 6.00. The summed E-state index contributed by atoms with van der Waals surface area (Å²) in [6.45, 7) is 0.590. The van der Waals surface area contributed by atoms with E-state index in [4.69, 9.17) is 40.5 Å². The zero-order valence-corrected chi connectivity index (χ0v) is 16.6. The molecule has 0 saturated heterocycles. The van der Waals surface area contributed by atoms with Crippen LogP contribution in [0.3, 0.4) is 0 Å². The van der Waals surface area contributed by atoms with Crippen LogP contribution in [0.1, 0.15) is 22.3 Å². The number of aromatic nitrogens is 1. The maximum Gasteiger partial charge on any atom is 0.217 e. The van der Waals surface area contributed by atoms with E-state index in [2.05, 4.69) is 58.9 Å². The van der Waals surface area contributed by atoms with Gasteiger partial charge in [-0.2, -0.15) is 0 Å². The van der Waals surface area contributed by atoms with E-state index in [1.54, 1.807) is 6.07 Å². The topological polar surface area (TPSA) is 50.9 Å². The van der Waals surface area contributed by atoms with Crippen LogP contribution in [0.2, 0.25) is 0 Å². The third-order valence-corrected chi connectivity index (χ3v) is 4.61. The second-order valence-corrected chi connectivity index (χ2v) is 8.28. The van der Waals surface area contributed by atoms with Crippen LogP contribution in [-0.4, -0.2) is 4.98 Å². The highest BCUT2D eigenvalue weighted by atomic mass is 35.6. The number of benzene rings is 2. The van der Waals surface area contributed by atoms with Gasteiger partial charge in [0.1, 0.15) is 5.82 Å². The first-order valence-corrected chi connectivity index (χ1v) is 9.44. The molecule has 1 aromatic heterocycles. The van der Waals surface area contributed by atoms with Gasteiger partial charge in [0, 0.05) is 18.3 Å². The summed E-state index contributed by atoms with van der Waals surface area (Å²) >= 11 is 17.5. The number of nitrogens with one attached hydrogen (secondary N) is 1. The molecular formula is C21H18Cl3N3. The number of anilines is 2. The van der Waals surface area contributed by atoms with Crippen LogP contribution in [0, 0.1) is 0 Å². The maximum atomic E-state index is 5.99. The van der Waals surface area contributed by atoms with Crippen LogP contribution in [-0.2, 0) is 10.3 Å². The lowest BCUT2D eigenvalue weighted by molar-refractivity contribution is 1.09. The molecule has 0 aliphatic rings. The van der Waals surface area contributed by atoms with Crippen molar-refractivity contribution < 1.29 is 0 Å². The Morgan fingerprint density at radius 1 is 0.926 bits per heavy atom. The number of hydrogen-bond acceptors (Lipinski definition) is 3. The summed E-state index contributed by atoms with van der Waals surface area (Å²) in [4.78, 5) is 4.24. The molecule has 27 heavy (non-hydrogen) atoms. The molecule has 2 aromatic carbocycles. The highest BCUT2D eigenvalue weighted by Gasteiger charge is 2.24. The van der Waals surface area contributed by atoms with Gasteiger partial charge in [-0.05, 0) is 22.8 Å². The lowest BCUT2D eigenvalue weighted by Gasteiger charge is -2.14. The lowest BCUT2D eigenvalue weighted by Crippen LogP contribution is -2.08. The summed E-state index contributed by atoms with van der Waals surface area (Å²) < 4.78 is -1.54. The number of pyridine rings is 1. The Hall–Kier alpha value is -2.20. The SMILES string of the molecule is Nc1cc(C(Cl)(Cl)Cl)cnc1NCc1ccc(/C=C/c2ccccc2)cc1. The highest BCUT2D eigenvalue weighted by molar-refractivity contribution is 6.66. The van der Waals surface area contributed by atoms with E-state index < -0.39 is 3.79 Å².